The maximum absolute atomic E-state index is 12.5. The Labute approximate surface area is 325 Å². The van der Waals surface area contributed by atoms with Gasteiger partial charge in [-0.15, -0.1) is 0 Å². The Bertz CT molecular complexity index is 2340. The third kappa shape index (κ3) is 8.26. The van der Waals surface area contributed by atoms with Crippen molar-refractivity contribution in [2.24, 2.45) is 4.52 Å². The Morgan fingerprint density at radius 2 is 0.842 bits per heavy atom. The summed E-state index contributed by atoms with van der Waals surface area (Å²) in [4.78, 5) is 47.7. The first-order valence-electron chi connectivity index (χ1n) is 16.5. The van der Waals surface area contributed by atoms with Crippen molar-refractivity contribution < 1.29 is 42.5 Å². The van der Waals surface area contributed by atoms with E-state index in [9.17, 15) is 30.3 Å². The van der Waals surface area contributed by atoms with Gasteiger partial charge in [0, 0.05) is 0 Å². The van der Waals surface area contributed by atoms with Gasteiger partial charge < -0.3 is 0 Å². The summed E-state index contributed by atoms with van der Waals surface area (Å²) in [5.41, 5.74) is -1.47. The number of nitro groups is 3. The molecule has 57 heavy (non-hydrogen) atoms. The zero-order valence-corrected chi connectivity index (χ0v) is 31.7. The molecule has 0 bridgehead atoms. The molecular formula is C36H27N6O12P3. The summed E-state index contributed by atoms with van der Waals surface area (Å²) in [6.07, 6.45) is 0. The molecule has 0 amide bonds. The van der Waals surface area contributed by atoms with Gasteiger partial charge >= 0.3 is 327 Å². The Morgan fingerprint density at radius 1 is 0.491 bits per heavy atom. The van der Waals surface area contributed by atoms with Crippen molar-refractivity contribution in [3.63, 3.8) is 0 Å². The topological polar surface area (TPSA) is 204 Å². The molecule has 1 aliphatic rings. The Balaban J connectivity index is 1.57. The third-order valence-electron chi connectivity index (χ3n) is 7.59. The van der Waals surface area contributed by atoms with E-state index in [0.29, 0.717) is 0 Å². The van der Waals surface area contributed by atoms with Crippen molar-refractivity contribution in [2.45, 2.75) is 0 Å². The Hall–Kier alpha value is -6.80. The third-order valence-corrected chi connectivity index (χ3v) is 14.7. The van der Waals surface area contributed by atoms with Gasteiger partial charge in [0.25, 0.3) is 0 Å². The SMILES string of the molecule is O=[N+]([O-])c1ccccc1ON1P=NP(Oc2ccccc2)(Oc2ccccc2)(Oc2ccccc2)N(Oc2ccccc2[N+](=O)[O-])P1Oc1ccccc1[N+](=O)[O-]. The number of rotatable bonds is 15. The predicted octanol–water partition coefficient (Wildman–Crippen LogP) is 11.0. The van der Waals surface area contributed by atoms with Crippen LogP contribution < -0.4 is 27.8 Å². The second-order valence-corrected chi connectivity index (χ2v) is 17.2. The molecule has 6 aromatic carbocycles. The van der Waals surface area contributed by atoms with Gasteiger partial charge in [-0.25, -0.2) is 0 Å². The van der Waals surface area contributed by atoms with Crippen LogP contribution in [0, 0.1) is 30.3 Å². The summed E-state index contributed by atoms with van der Waals surface area (Å²) in [5, 5.41) is 37.0. The van der Waals surface area contributed by atoms with Crippen LogP contribution in [0.2, 0.25) is 0 Å². The van der Waals surface area contributed by atoms with Gasteiger partial charge in [-0.2, -0.15) is 0 Å². The van der Waals surface area contributed by atoms with Crippen molar-refractivity contribution in [2.75, 3.05) is 0 Å². The van der Waals surface area contributed by atoms with E-state index in [1.54, 1.807) is 91.0 Å². The van der Waals surface area contributed by atoms with Crippen LogP contribution in [0.3, 0.4) is 0 Å². The summed E-state index contributed by atoms with van der Waals surface area (Å²) >= 11 is 0. The second-order valence-electron chi connectivity index (χ2n) is 11.4. The molecule has 0 radical (unpaired) electrons. The Morgan fingerprint density at radius 3 is 1.26 bits per heavy atom. The van der Waals surface area contributed by atoms with Gasteiger partial charge in [-0.3, -0.25) is 0 Å². The van der Waals surface area contributed by atoms with Gasteiger partial charge in [0.15, 0.2) is 0 Å². The molecule has 0 fully saturated rings. The Kier molecular flexibility index (Phi) is 11.1. The van der Waals surface area contributed by atoms with Crippen molar-refractivity contribution in [3.8, 4) is 34.5 Å². The minimum absolute atomic E-state index is 0.117. The molecule has 0 saturated carbocycles. The van der Waals surface area contributed by atoms with E-state index < -0.39 is 47.9 Å². The van der Waals surface area contributed by atoms with Gasteiger partial charge in [0.1, 0.15) is 0 Å². The van der Waals surface area contributed by atoms with Crippen LogP contribution in [-0.2, 0) is 0 Å². The first-order chi connectivity index (χ1) is 27.6. The van der Waals surface area contributed by atoms with Crippen LogP contribution in [0.25, 0.3) is 0 Å². The van der Waals surface area contributed by atoms with Crippen LogP contribution in [0.5, 0.6) is 34.5 Å². The molecule has 0 aromatic heterocycles. The fourth-order valence-electron chi connectivity index (χ4n) is 5.11. The molecular weight excluding hydrogens is 801 g/mol. The van der Waals surface area contributed by atoms with Crippen molar-refractivity contribution in [1.82, 2.24) is 9.21 Å². The van der Waals surface area contributed by atoms with Gasteiger partial charge in [-0.1, -0.05) is 0 Å². The second kappa shape index (κ2) is 16.5. The van der Waals surface area contributed by atoms with Gasteiger partial charge in [-0.05, 0) is 0 Å². The van der Waals surface area contributed by atoms with E-state index in [4.69, 9.17) is 32.3 Å². The first-order valence-corrected chi connectivity index (χ1v) is 20.4. The summed E-state index contributed by atoms with van der Waals surface area (Å²) in [7, 11) is -9.09. The van der Waals surface area contributed by atoms with Crippen LogP contribution in [-0.4, -0.2) is 24.0 Å². The summed E-state index contributed by atoms with van der Waals surface area (Å²) in [6.45, 7) is 0. The van der Waals surface area contributed by atoms with E-state index in [1.807, 2.05) is 0 Å². The minimum atomic E-state index is -5.85. The zero-order chi connectivity index (χ0) is 39.9. The molecule has 1 atom stereocenters. The van der Waals surface area contributed by atoms with Gasteiger partial charge in [0.2, 0.25) is 0 Å². The summed E-state index contributed by atoms with van der Waals surface area (Å²) in [6, 6.07) is 40.8. The zero-order valence-electron chi connectivity index (χ0n) is 29.0. The molecule has 1 aliphatic heterocycles. The molecule has 0 spiro atoms. The number of hydrogen-bond acceptors (Lipinski definition) is 15. The van der Waals surface area contributed by atoms with Crippen molar-refractivity contribution in [3.05, 3.63) is 194 Å². The normalized spacial score (nSPS) is 16.8. The standard InChI is InChI=1S/C36H27N6O12P3/c43-38(44)31-22-10-13-25-34(31)49-41-55-37-57(52-28-16-4-1-5-17-28,53-29-18-6-2-7-19-29,54-30-20-8-3-9-21-30)42(50-35-26-14-11-23-32(35)39(45)46)56(41)51-36-27-15-12-24-33(36)40(47)48/h1-27H. The van der Waals surface area contributed by atoms with E-state index in [0.717, 1.165) is 9.21 Å². The quantitative estimate of drug-likeness (QED) is 0.0537. The first kappa shape index (κ1) is 38.5. The van der Waals surface area contributed by atoms with E-state index >= 15 is 0 Å². The van der Waals surface area contributed by atoms with Crippen LogP contribution in [0.1, 0.15) is 0 Å². The average Bonchev–Trinajstić information content (AvgIpc) is 3.22. The maximum atomic E-state index is 12.5. The van der Waals surface area contributed by atoms with Crippen molar-refractivity contribution in [1.29, 1.82) is 0 Å². The fraction of sp³-hybridized carbons (Fsp3) is 0. The molecule has 0 aliphatic carbocycles. The predicted molar refractivity (Wildman–Crippen MR) is 209 cm³/mol. The number of nitrogens with zero attached hydrogens (tertiary/aromatic N) is 6. The number of para-hydroxylation sites is 9. The molecule has 6 aromatic rings. The van der Waals surface area contributed by atoms with Gasteiger partial charge in [0.05, 0.1) is 0 Å². The molecule has 1 heterocycles. The molecule has 288 valence electrons. The monoisotopic (exact) mass is 828 g/mol. The van der Waals surface area contributed by atoms with E-state index in [-0.39, 0.29) is 43.0 Å². The molecule has 0 saturated heterocycles. The van der Waals surface area contributed by atoms with Crippen LogP contribution >= 0.6 is 24.6 Å². The molecule has 0 N–H and O–H groups in total. The number of benzene rings is 6. The number of hydrogen-bond donors (Lipinski definition) is 0. The van der Waals surface area contributed by atoms with E-state index in [1.165, 1.54) is 72.8 Å². The van der Waals surface area contributed by atoms with Crippen LogP contribution in [0.15, 0.2) is 168 Å². The van der Waals surface area contributed by atoms with Crippen LogP contribution in [0.4, 0.5) is 17.1 Å². The van der Waals surface area contributed by atoms with E-state index in [2.05, 4.69) is 0 Å². The fourth-order valence-corrected chi connectivity index (χ4v) is 12.8. The molecule has 18 nitrogen and oxygen atoms in total. The average molecular weight is 829 g/mol. The molecule has 21 heteroatoms. The van der Waals surface area contributed by atoms with Crippen molar-refractivity contribution >= 4 is 41.6 Å². The molecule has 7 rings (SSSR count). The summed E-state index contributed by atoms with van der Waals surface area (Å²) < 4.78 is 34.0. The summed E-state index contributed by atoms with van der Waals surface area (Å²) in [5.74, 6) is -0.649. The molecule has 1 unspecified atom stereocenters. The number of nitro benzene ring substituents is 3.